The maximum atomic E-state index is 5.50. The molecule has 0 aliphatic carbocycles. The molecule has 1 aromatic rings. The van der Waals surface area contributed by atoms with Crippen molar-refractivity contribution in [2.75, 3.05) is 38.8 Å². The van der Waals surface area contributed by atoms with E-state index in [0.29, 0.717) is 0 Å². The Labute approximate surface area is 121 Å². The van der Waals surface area contributed by atoms with Crippen LogP contribution in [0.3, 0.4) is 0 Å². The van der Waals surface area contributed by atoms with Crippen molar-refractivity contribution in [2.45, 2.75) is 32.1 Å². The van der Waals surface area contributed by atoms with Gasteiger partial charge < -0.3 is 19.7 Å². The normalized spacial score (nSPS) is 24.1. The largest absolute Gasteiger partial charge is 0.377 e. The second kappa shape index (κ2) is 7.02. The molecule has 5 heteroatoms. The topological polar surface area (TPSA) is 46.6 Å². The van der Waals surface area contributed by atoms with E-state index in [9.17, 15) is 0 Å². The van der Waals surface area contributed by atoms with Gasteiger partial charge in [0.1, 0.15) is 18.0 Å². The van der Waals surface area contributed by atoms with Crippen LogP contribution in [0.1, 0.15) is 25.5 Å². The highest BCUT2D eigenvalue weighted by atomic mass is 16.5. The minimum absolute atomic E-state index is 0.101. The molecule has 0 bridgehead atoms. The molecule has 5 nitrogen and oxygen atoms in total. The SMILES string of the molecule is CCNC(C)c1cccnc1N1CC(OC)C(OC)C1. The number of aromatic nitrogens is 1. The van der Waals surface area contributed by atoms with Crippen molar-refractivity contribution in [3.63, 3.8) is 0 Å². The highest BCUT2D eigenvalue weighted by molar-refractivity contribution is 5.49. The zero-order valence-corrected chi connectivity index (χ0v) is 12.8. The van der Waals surface area contributed by atoms with Crippen molar-refractivity contribution >= 4 is 5.82 Å². The van der Waals surface area contributed by atoms with Crippen LogP contribution < -0.4 is 10.2 Å². The van der Waals surface area contributed by atoms with Crippen molar-refractivity contribution in [3.05, 3.63) is 23.9 Å². The third-order valence-corrected chi connectivity index (χ3v) is 3.91. The first kappa shape index (κ1) is 15.2. The predicted octanol–water partition coefficient (Wildman–Crippen LogP) is 1.60. The molecule has 1 aromatic heterocycles. The Morgan fingerprint density at radius 1 is 1.35 bits per heavy atom. The summed E-state index contributed by atoms with van der Waals surface area (Å²) in [5.74, 6) is 1.03. The second-order valence-corrected chi connectivity index (χ2v) is 5.15. The molecule has 3 atom stereocenters. The van der Waals surface area contributed by atoms with Crippen molar-refractivity contribution in [1.29, 1.82) is 0 Å². The lowest BCUT2D eigenvalue weighted by Gasteiger charge is -2.23. The number of ether oxygens (including phenoxy) is 2. The molecule has 2 heterocycles. The molecule has 0 aromatic carbocycles. The number of nitrogens with zero attached hydrogens (tertiary/aromatic N) is 2. The maximum Gasteiger partial charge on any atom is 0.133 e. The third-order valence-electron chi connectivity index (χ3n) is 3.91. The van der Waals surface area contributed by atoms with E-state index in [0.717, 1.165) is 25.5 Å². The summed E-state index contributed by atoms with van der Waals surface area (Å²) < 4.78 is 11.0. The molecule has 3 unspecified atom stereocenters. The molecular weight excluding hydrogens is 254 g/mol. The fraction of sp³-hybridized carbons (Fsp3) is 0.667. The van der Waals surface area contributed by atoms with Crippen molar-refractivity contribution < 1.29 is 9.47 Å². The van der Waals surface area contributed by atoms with Gasteiger partial charge in [0, 0.05) is 45.1 Å². The Morgan fingerprint density at radius 2 is 2.00 bits per heavy atom. The summed E-state index contributed by atoms with van der Waals surface area (Å²) in [6.07, 6.45) is 2.05. The first-order valence-corrected chi connectivity index (χ1v) is 7.20. The minimum atomic E-state index is 0.101. The summed E-state index contributed by atoms with van der Waals surface area (Å²) in [6.45, 7) is 6.86. The Balaban J connectivity index is 2.21. The zero-order valence-electron chi connectivity index (χ0n) is 12.8. The van der Waals surface area contributed by atoms with Gasteiger partial charge >= 0.3 is 0 Å². The summed E-state index contributed by atoms with van der Waals surface area (Å²) in [6, 6.07) is 4.41. The van der Waals surface area contributed by atoms with Crippen LogP contribution in [0.25, 0.3) is 0 Å². The fourth-order valence-corrected chi connectivity index (χ4v) is 2.80. The van der Waals surface area contributed by atoms with Gasteiger partial charge in [0.15, 0.2) is 0 Å². The Hall–Kier alpha value is -1.17. The first-order valence-electron chi connectivity index (χ1n) is 7.20. The quantitative estimate of drug-likeness (QED) is 0.857. The van der Waals surface area contributed by atoms with Gasteiger partial charge in [-0.3, -0.25) is 0 Å². The molecule has 20 heavy (non-hydrogen) atoms. The summed E-state index contributed by atoms with van der Waals surface area (Å²) in [7, 11) is 3.47. The Kier molecular flexibility index (Phi) is 5.34. The number of methoxy groups -OCH3 is 2. The smallest absolute Gasteiger partial charge is 0.133 e. The number of pyridine rings is 1. The van der Waals surface area contributed by atoms with Crippen LogP contribution in [0.5, 0.6) is 0 Å². The third kappa shape index (κ3) is 3.11. The standard InChI is InChI=1S/C15H25N3O2/c1-5-16-11(2)12-7-6-8-17-15(12)18-9-13(19-3)14(10-18)20-4/h6-8,11,13-14,16H,5,9-10H2,1-4H3. The van der Waals surface area contributed by atoms with Crippen LogP contribution >= 0.6 is 0 Å². The van der Waals surface area contributed by atoms with Gasteiger partial charge in [0.05, 0.1) is 0 Å². The fourth-order valence-electron chi connectivity index (χ4n) is 2.80. The van der Waals surface area contributed by atoms with Crippen molar-refractivity contribution in [1.82, 2.24) is 10.3 Å². The number of rotatable bonds is 6. The van der Waals surface area contributed by atoms with E-state index in [-0.39, 0.29) is 18.2 Å². The molecule has 1 aliphatic rings. The van der Waals surface area contributed by atoms with Gasteiger partial charge in [-0.15, -0.1) is 0 Å². The number of anilines is 1. The monoisotopic (exact) mass is 279 g/mol. The molecule has 1 N–H and O–H groups in total. The molecular formula is C15H25N3O2. The van der Waals surface area contributed by atoms with Gasteiger partial charge in [-0.1, -0.05) is 13.0 Å². The number of hydrogen-bond acceptors (Lipinski definition) is 5. The van der Waals surface area contributed by atoms with E-state index in [1.807, 2.05) is 12.3 Å². The maximum absolute atomic E-state index is 5.50. The van der Waals surface area contributed by atoms with Crippen LogP contribution in [0, 0.1) is 0 Å². The lowest BCUT2D eigenvalue weighted by atomic mass is 10.1. The van der Waals surface area contributed by atoms with Gasteiger partial charge in [-0.2, -0.15) is 0 Å². The highest BCUT2D eigenvalue weighted by Crippen LogP contribution is 2.28. The summed E-state index contributed by atoms with van der Waals surface area (Å²) in [5, 5.41) is 3.45. The average Bonchev–Trinajstić information content (AvgIpc) is 2.90. The predicted molar refractivity (Wildman–Crippen MR) is 80.1 cm³/mol. The Morgan fingerprint density at radius 3 is 2.55 bits per heavy atom. The molecule has 2 rings (SSSR count). The Bertz CT molecular complexity index is 415. The zero-order chi connectivity index (χ0) is 14.5. The van der Waals surface area contributed by atoms with Crippen LogP contribution in [0.4, 0.5) is 5.82 Å². The second-order valence-electron chi connectivity index (χ2n) is 5.15. The van der Waals surface area contributed by atoms with E-state index >= 15 is 0 Å². The van der Waals surface area contributed by atoms with E-state index in [4.69, 9.17) is 9.47 Å². The lowest BCUT2D eigenvalue weighted by molar-refractivity contribution is -0.00461. The highest BCUT2D eigenvalue weighted by Gasteiger charge is 2.34. The molecule has 0 saturated carbocycles. The summed E-state index contributed by atoms with van der Waals surface area (Å²) in [4.78, 5) is 6.83. The van der Waals surface area contributed by atoms with Crippen molar-refractivity contribution in [3.8, 4) is 0 Å². The van der Waals surface area contributed by atoms with E-state index < -0.39 is 0 Å². The van der Waals surface area contributed by atoms with Crippen molar-refractivity contribution in [2.24, 2.45) is 0 Å². The van der Waals surface area contributed by atoms with E-state index in [1.165, 1.54) is 5.56 Å². The average molecular weight is 279 g/mol. The van der Waals surface area contributed by atoms with Gasteiger partial charge in [0.2, 0.25) is 0 Å². The minimum Gasteiger partial charge on any atom is -0.377 e. The van der Waals surface area contributed by atoms with Gasteiger partial charge in [0.25, 0.3) is 0 Å². The van der Waals surface area contributed by atoms with Gasteiger partial charge in [-0.05, 0) is 19.5 Å². The van der Waals surface area contributed by atoms with Crippen LogP contribution in [-0.4, -0.2) is 51.0 Å². The molecule has 0 radical (unpaired) electrons. The number of hydrogen-bond donors (Lipinski definition) is 1. The van der Waals surface area contributed by atoms with Crippen LogP contribution in [-0.2, 0) is 9.47 Å². The van der Waals surface area contributed by atoms with E-state index in [1.54, 1.807) is 14.2 Å². The lowest BCUT2D eigenvalue weighted by Crippen LogP contribution is -2.27. The summed E-state index contributed by atoms with van der Waals surface area (Å²) >= 11 is 0. The first-order chi connectivity index (χ1) is 9.71. The molecule has 0 amide bonds. The summed E-state index contributed by atoms with van der Waals surface area (Å²) in [5.41, 5.74) is 1.22. The van der Waals surface area contributed by atoms with E-state index in [2.05, 4.69) is 35.1 Å². The number of nitrogens with one attached hydrogen (secondary N) is 1. The molecule has 1 fully saturated rings. The van der Waals surface area contributed by atoms with Crippen LogP contribution in [0.2, 0.25) is 0 Å². The van der Waals surface area contributed by atoms with Crippen LogP contribution in [0.15, 0.2) is 18.3 Å². The molecule has 0 spiro atoms. The molecule has 1 aliphatic heterocycles. The van der Waals surface area contributed by atoms with Gasteiger partial charge in [-0.25, -0.2) is 4.98 Å². The molecule has 112 valence electrons. The molecule has 1 saturated heterocycles.